The molecule has 0 saturated carbocycles. The van der Waals surface area contributed by atoms with E-state index < -0.39 is 10.7 Å². The van der Waals surface area contributed by atoms with Gasteiger partial charge in [0.2, 0.25) is 0 Å². The molecule has 18 heavy (non-hydrogen) atoms. The molecule has 0 fully saturated rings. The van der Waals surface area contributed by atoms with Gasteiger partial charge in [0.05, 0.1) is 10.4 Å². The van der Waals surface area contributed by atoms with E-state index in [4.69, 9.17) is 9.52 Å². The van der Waals surface area contributed by atoms with E-state index in [1.807, 2.05) is 0 Å². The summed E-state index contributed by atoms with van der Waals surface area (Å²) in [5, 5.41) is 19.7. The topological polar surface area (TPSA) is 98.5 Å². The van der Waals surface area contributed by atoms with Crippen LogP contribution in [-0.4, -0.2) is 21.2 Å². The third-order valence-corrected chi connectivity index (χ3v) is 2.67. The van der Waals surface area contributed by atoms with Gasteiger partial charge < -0.3 is 9.52 Å². The van der Waals surface area contributed by atoms with Gasteiger partial charge in [0.1, 0.15) is 0 Å². The van der Waals surface area contributed by atoms with E-state index in [1.165, 1.54) is 22.8 Å². The summed E-state index contributed by atoms with van der Waals surface area (Å²) in [6.07, 6.45) is 0. The van der Waals surface area contributed by atoms with Crippen molar-refractivity contribution in [3.05, 3.63) is 38.9 Å². The molecule has 1 atom stereocenters. The number of nitro benzene ring substituents is 1. The Labute approximate surface area is 101 Å². The molecule has 0 aliphatic heterocycles. The Bertz CT molecular complexity index is 642. The molecule has 7 heteroatoms. The van der Waals surface area contributed by atoms with E-state index in [9.17, 15) is 14.9 Å². The van der Waals surface area contributed by atoms with E-state index in [0.717, 1.165) is 0 Å². The summed E-state index contributed by atoms with van der Waals surface area (Å²) in [4.78, 5) is 21.8. The molecule has 0 radical (unpaired) electrons. The first-order valence-corrected chi connectivity index (χ1v) is 5.41. The number of aliphatic hydroxyl groups excluding tert-OH is 1. The zero-order chi connectivity index (χ0) is 13.3. The van der Waals surface area contributed by atoms with Crippen LogP contribution in [0.1, 0.15) is 6.92 Å². The van der Waals surface area contributed by atoms with Crippen LogP contribution in [0.2, 0.25) is 0 Å². The first-order valence-electron chi connectivity index (χ1n) is 5.41. The van der Waals surface area contributed by atoms with Gasteiger partial charge in [-0.05, 0) is 12.0 Å². The summed E-state index contributed by atoms with van der Waals surface area (Å²) in [5.74, 6) is -0.714. The minimum Gasteiger partial charge on any atom is -0.408 e. The lowest BCUT2D eigenvalue weighted by molar-refractivity contribution is -0.384. The monoisotopic (exact) mass is 252 g/mol. The van der Waals surface area contributed by atoms with Gasteiger partial charge in [-0.25, -0.2) is 4.79 Å². The Morgan fingerprint density at radius 3 is 2.89 bits per heavy atom. The molecule has 1 heterocycles. The predicted octanol–water partition coefficient (Wildman–Crippen LogP) is 1.13. The quantitative estimate of drug-likeness (QED) is 0.649. The van der Waals surface area contributed by atoms with Crippen LogP contribution in [0.25, 0.3) is 11.1 Å². The maximum atomic E-state index is 11.6. The number of rotatable bonds is 4. The van der Waals surface area contributed by atoms with Gasteiger partial charge in [-0.2, -0.15) is 0 Å². The Kier molecular flexibility index (Phi) is 3.15. The van der Waals surface area contributed by atoms with Crippen LogP contribution in [-0.2, 0) is 6.54 Å². The Morgan fingerprint density at radius 2 is 2.28 bits per heavy atom. The van der Waals surface area contributed by atoms with Gasteiger partial charge in [-0.15, -0.1) is 0 Å². The fourth-order valence-electron chi connectivity index (χ4n) is 1.71. The van der Waals surface area contributed by atoms with Crippen molar-refractivity contribution in [3.63, 3.8) is 0 Å². The normalized spacial score (nSPS) is 12.8. The summed E-state index contributed by atoms with van der Waals surface area (Å²) in [6, 6.07) is 3.98. The molecule has 7 nitrogen and oxygen atoms in total. The van der Waals surface area contributed by atoms with Crippen LogP contribution in [0.3, 0.4) is 0 Å². The van der Waals surface area contributed by atoms with Crippen molar-refractivity contribution in [2.75, 3.05) is 6.61 Å². The number of nitrogens with zero attached hydrogens (tertiary/aromatic N) is 2. The van der Waals surface area contributed by atoms with Crippen molar-refractivity contribution in [1.82, 2.24) is 4.57 Å². The number of hydrogen-bond acceptors (Lipinski definition) is 5. The number of nitro groups is 1. The zero-order valence-corrected chi connectivity index (χ0v) is 9.70. The molecular formula is C11H12N2O5. The summed E-state index contributed by atoms with van der Waals surface area (Å²) in [5.41, 5.74) is 0.568. The highest BCUT2D eigenvalue weighted by atomic mass is 16.6. The Morgan fingerprint density at radius 1 is 1.56 bits per heavy atom. The summed E-state index contributed by atoms with van der Waals surface area (Å²) in [7, 11) is 0. The maximum Gasteiger partial charge on any atom is 0.419 e. The largest absolute Gasteiger partial charge is 0.419 e. The highest BCUT2D eigenvalue weighted by Gasteiger charge is 2.15. The van der Waals surface area contributed by atoms with Gasteiger partial charge in [0.25, 0.3) is 5.69 Å². The molecule has 0 saturated heterocycles. The molecule has 0 aliphatic carbocycles. The number of hydrogen-bond donors (Lipinski definition) is 1. The summed E-state index contributed by atoms with van der Waals surface area (Å²) in [6.45, 7) is 1.94. The van der Waals surface area contributed by atoms with Crippen LogP contribution in [0.5, 0.6) is 0 Å². The fourth-order valence-corrected chi connectivity index (χ4v) is 1.71. The van der Waals surface area contributed by atoms with Crippen molar-refractivity contribution in [1.29, 1.82) is 0 Å². The predicted molar refractivity (Wildman–Crippen MR) is 63.4 cm³/mol. The average molecular weight is 252 g/mol. The van der Waals surface area contributed by atoms with E-state index >= 15 is 0 Å². The first kappa shape index (κ1) is 12.3. The van der Waals surface area contributed by atoms with Crippen molar-refractivity contribution in [3.8, 4) is 0 Å². The third-order valence-electron chi connectivity index (χ3n) is 2.67. The number of oxazole rings is 1. The molecule has 2 rings (SSSR count). The fraction of sp³-hybridized carbons (Fsp3) is 0.364. The van der Waals surface area contributed by atoms with Crippen LogP contribution >= 0.6 is 0 Å². The van der Waals surface area contributed by atoms with Gasteiger partial charge in [0, 0.05) is 25.3 Å². The number of aromatic nitrogens is 1. The van der Waals surface area contributed by atoms with E-state index in [0.29, 0.717) is 11.1 Å². The highest BCUT2D eigenvalue weighted by molar-refractivity contribution is 5.75. The lowest BCUT2D eigenvalue weighted by Gasteiger charge is -2.07. The molecule has 1 N–H and O–H groups in total. The molecule has 0 spiro atoms. The second-order valence-electron chi connectivity index (χ2n) is 4.18. The SMILES string of the molecule is CC(CO)Cn1c(=O)oc2ccc([N+](=O)[O-])cc21. The van der Waals surface area contributed by atoms with Gasteiger partial charge in [0.15, 0.2) is 5.58 Å². The number of benzene rings is 1. The molecule has 96 valence electrons. The van der Waals surface area contributed by atoms with E-state index in [1.54, 1.807) is 6.92 Å². The van der Waals surface area contributed by atoms with Crippen LogP contribution < -0.4 is 5.76 Å². The van der Waals surface area contributed by atoms with Gasteiger partial charge in [-0.1, -0.05) is 6.92 Å². The number of aliphatic hydroxyl groups is 1. The van der Waals surface area contributed by atoms with Crippen molar-refractivity contribution in [2.24, 2.45) is 5.92 Å². The molecule has 0 bridgehead atoms. The Balaban J connectivity index is 2.57. The Hall–Kier alpha value is -2.15. The molecule has 1 unspecified atom stereocenters. The standard InChI is InChI=1S/C11H12N2O5/c1-7(6-14)5-12-9-4-8(13(16)17)2-3-10(9)18-11(12)15/h2-4,7,14H,5-6H2,1H3. The second-order valence-corrected chi connectivity index (χ2v) is 4.18. The smallest absolute Gasteiger partial charge is 0.408 e. The number of fused-ring (bicyclic) bond motifs is 1. The highest BCUT2D eigenvalue weighted by Crippen LogP contribution is 2.20. The first-order chi connectivity index (χ1) is 8.52. The minimum absolute atomic E-state index is 0.0754. The van der Waals surface area contributed by atoms with Gasteiger partial charge >= 0.3 is 5.76 Å². The average Bonchev–Trinajstić information content (AvgIpc) is 2.65. The van der Waals surface area contributed by atoms with E-state index in [-0.39, 0.29) is 24.8 Å². The molecular weight excluding hydrogens is 240 g/mol. The molecule has 1 aromatic heterocycles. The third kappa shape index (κ3) is 2.12. The van der Waals surface area contributed by atoms with Crippen molar-refractivity contribution >= 4 is 16.8 Å². The lowest BCUT2D eigenvalue weighted by atomic mass is 10.2. The maximum absolute atomic E-state index is 11.6. The van der Waals surface area contributed by atoms with Crippen molar-refractivity contribution < 1.29 is 14.4 Å². The van der Waals surface area contributed by atoms with E-state index in [2.05, 4.69) is 0 Å². The van der Waals surface area contributed by atoms with Crippen molar-refractivity contribution in [2.45, 2.75) is 13.5 Å². The lowest BCUT2D eigenvalue weighted by Crippen LogP contribution is -2.20. The van der Waals surface area contributed by atoms with Crippen LogP contribution in [0, 0.1) is 16.0 Å². The number of non-ortho nitro benzene ring substituents is 1. The molecule has 0 amide bonds. The second kappa shape index (κ2) is 4.61. The zero-order valence-electron chi connectivity index (χ0n) is 9.70. The molecule has 2 aromatic rings. The van der Waals surface area contributed by atoms with Crippen LogP contribution in [0.15, 0.2) is 27.4 Å². The van der Waals surface area contributed by atoms with Gasteiger partial charge in [-0.3, -0.25) is 14.7 Å². The molecule has 0 aliphatic rings. The molecule has 1 aromatic carbocycles. The minimum atomic E-state index is -0.578. The van der Waals surface area contributed by atoms with Crippen LogP contribution in [0.4, 0.5) is 5.69 Å². The summed E-state index contributed by atoms with van der Waals surface area (Å²) >= 11 is 0. The summed E-state index contributed by atoms with van der Waals surface area (Å²) < 4.78 is 6.28.